The van der Waals surface area contributed by atoms with Crippen LogP contribution in [0, 0.1) is 0 Å². The van der Waals surface area contributed by atoms with Gasteiger partial charge in [-0.2, -0.15) is 0 Å². The topological polar surface area (TPSA) is 0 Å². The van der Waals surface area contributed by atoms with E-state index < -0.39 is 0 Å². The Morgan fingerprint density at radius 1 is 1.38 bits per heavy atom. The fourth-order valence-electron chi connectivity index (χ4n) is 0.507. The Balaban J connectivity index is 3.08. The predicted octanol–water partition coefficient (Wildman–Crippen LogP) is 0.975. The Hall–Kier alpha value is 0.499. The third-order valence-electron chi connectivity index (χ3n) is 0.849. The van der Waals surface area contributed by atoms with Gasteiger partial charge in [-0.3, -0.25) is 0 Å². The van der Waals surface area contributed by atoms with Crippen LogP contribution in [0.5, 0.6) is 0 Å². The molecule has 2 heteroatoms. The van der Waals surface area contributed by atoms with E-state index in [1.165, 1.54) is 30.6 Å². The van der Waals surface area contributed by atoms with Crippen molar-refractivity contribution in [3.63, 3.8) is 0 Å². The fourth-order valence-corrected chi connectivity index (χ4v) is 2.45. The third kappa shape index (κ3) is 1.78. The molecule has 0 N–H and O–H groups in total. The molecule has 1 aromatic rings. The molecule has 40 valence electrons. The van der Waals surface area contributed by atoms with Crippen molar-refractivity contribution in [2.24, 2.45) is 0 Å². The molecule has 0 spiro atoms. The van der Waals surface area contributed by atoms with E-state index in [1.54, 1.807) is 0 Å². The van der Waals surface area contributed by atoms with Crippen LogP contribution in [-0.2, 0) is 0 Å². The first-order chi connectivity index (χ1) is 3.79. The molecule has 0 saturated carbocycles. The van der Waals surface area contributed by atoms with Crippen LogP contribution in [0.4, 0.5) is 0 Å². The Morgan fingerprint density at radius 3 is 2.50 bits per heavy atom. The molecule has 2 radical (unpaired) electrons. The van der Waals surface area contributed by atoms with Gasteiger partial charge >= 0.3 is 70.8 Å². The standard InChI is InChI=1S/C6H4Br.Sn.H/c7-6-4-2-1-3-5-6;;/h1-2,4-5H;;. The maximum atomic E-state index is 3.38. The summed E-state index contributed by atoms with van der Waals surface area (Å²) in [7, 11) is 0. The van der Waals surface area contributed by atoms with Gasteiger partial charge in [0.2, 0.25) is 0 Å². The van der Waals surface area contributed by atoms with Crippen molar-refractivity contribution in [3.8, 4) is 0 Å². The van der Waals surface area contributed by atoms with Crippen molar-refractivity contribution < 1.29 is 0 Å². The van der Waals surface area contributed by atoms with Crippen molar-refractivity contribution in [2.75, 3.05) is 0 Å². The second kappa shape index (κ2) is 2.87. The first-order valence-corrected chi connectivity index (χ1v) is 4.74. The van der Waals surface area contributed by atoms with Crippen molar-refractivity contribution >= 4 is 42.0 Å². The van der Waals surface area contributed by atoms with E-state index >= 15 is 0 Å². The first kappa shape index (κ1) is 6.62. The summed E-state index contributed by atoms with van der Waals surface area (Å²) in [5.41, 5.74) is 0. The number of rotatable bonds is 0. The normalized spacial score (nSPS) is 9.25. The summed E-state index contributed by atoms with van der Waals surface area (Å²) in [6.07, 6.45) is 0. The Morgan fingerprint density at radius 2 is 2.12 bits per heavy atom. The van der Waals surface area contributed by atoms with Crippen LogP contribution >= 0.6 is 15.9 Å². The summed E-state index contributed by atoms with van der Waals surface area (Å²) in [5.74, 6) is 0. The summed E-state index contributed by atoms with van der Waals surface area (Å²) in [4.78, 5) is 0. The van der Waals surface area contributed by atoms with Gasteiger partial charge in [-0.1, -0.05) is 0 Å². The van der Waals surface area contributed by atoms with Crippen molar-refractivity contribution in [3.05, 3.63) is 28.7 Å². The van der Waals surface area contributed by atoms with Gasteiger partial charge in [0.25, 0.3) is 0 Å². The number of benzene rings is 1. The molecular weight excluding hydrogens is 271 g/mol. The van der Waals surface area contributed by atoms with Gasteiger partial charge in [0, 0.05) is 0 Å². The molecule has 0 saturated heterocycles. The average molecular weight is 276 g/mol. The molecule has 8 heavy (non-hydrogen) atoms. The minimum absolute atomic E-state index is 1.18. The third-order valence-corrected chi connectivity index (χ3v) is 2.37. The molecule has 0 fully saturated rings. The summed E-state index contributed by atoms with van der Waals surface area (Å²) in [6.45, 7) is 0. The second-order valence-electron chi connectivity index (χ2n) is 1.56. The van der Waals surface area contributed by atoms with Crippen LogP contribution in [0.1, 0.15) is 0 Å². The van der Waals surface area contributed by atoms with Crippen LogP contribution in [0.15, 0.2) is 28.7 Å². The summed E-state index contributed by atoms with van der Waals surface area (Å²) >= 11 is 4.58. The molecule has 0 heterocycles. The molecule has 0 atom stereocenters. The molecule has 1 aromatic carbocycles. The van der Waals surface area contributed by atoms with Crippen LogP contribution in [-0.4, -0.2) is 22.5 Å². The Kier molecular flexibility index (Phi) is 2.38. The zero-order valence-electron chi connectivity index (χ0n) is 4.26. The molecule has 1 rings (SSSR count). The van der Waals surface area contributed by atoms with Crippen molar-refractivity contribution in [1.82, 2.24) is 0 Å². The van der Waals surface area contributed by atoms with E-state index in [0.29, 0.717) is 0 Å². The number of halogens is 1. The second-order valence-corrected chi connectivity index (χ2v) is 4.37. The van der Waals surface area contributed by atoms with Gasteiger partial charge in [0.05, 0.1) is 0 Å². The molecular formula is C6H5BrSn. The van der Waals surface area contributed by atoms with Crippen LogP contribution < -0.4 is 3.58 Å². The van der Waals surface area contributed by atoms with Gasteiger partial charge in [-0.25, -0.2) is 0 Å². The molecule has 0 nitrogen and oxygen atoms in total. The van der Waals surface area contributed by atoms with Gasteiger partial charge in [0.1, 0.15) is 0 Å². The quantitative estimate of drug-likeness (QED) is 0.619. The maximum absolute atomic E-state index is 3.38. The summed E-state index contributed by atoms with van der Waals surface area (Å²) in [5, 5.41) is 0. The van der Waals surface area contributed by atoms with Gasteiger partial charge in [0.15, 0.2) is 0 Å². The molecule has 0 bridgehead atoms. The SMILES string of the molecule is Brc1ccc[c]([SnH])c1. The van der Waals surface area contributed by atoms with Crippen LogP contribution in [0.3, 0.4) is 0 Å². The zero-order chi connectivity index (χ0) is 5.98. The Labute approximate surface area is 70.5 Å². The molecule has 0 aliphatic rings. The molecule has 0 unspecified atom stereocenters. The predicted molar refractivity (Wildman–Crippen MR) is 40.9 cm³/mol. The fraction of sp³-hybridized carbons (Fsp3) is 0. The van der Waals surface area contributed by atoms with Crippen LogP contribution in [0.2, 0.25) is 0 Å². The molecule has 0 aromatic heterocycles. The van der Waals surface area contributed by atoms with E-state index in [-0.39, 0.29) is 0 Å². The van der Waals surface area contributed by atoms with Gasteiger partial charge in [-0.15, -0.1) is 0 Å². The van der Waals surface area contributed by atoms with Crippen molar-refractivity contribution in [2.45, 2.75) is 0 Å². The minimum atomic E-state index is 1.18. The molecule has 0 aliphatic carbocycles. The molecule has 0 aliphatic heterocycles. The number of hydrogen-bond donors (Lipinski definition) is 0. The first-order valence-electron chi connectivity index (χ1n) is 2.30. The summed E-state index contributed by atoms with van der Waals surface area (Å²) < 4.78 is 2.60. The molecule has 0 amide bonds. The zero-order valence-corrected chi connectivity index (χ0v) is 9.15. The Bertz CT molecular complexity index is 168. The monoisotopic (exact) mass is 276 g/mol. The van der Waals surface area contributed by atoms with E-state index in [0.717, 1.165) is 0 Å². The average Bonchev–Trinajstić information content (AvgIpc) is 1.64. The van der Waals surface area contributed by atoms with Gasteiger partial charge in [-0.05, 0) is 0 Å². The number of hydrogen-bond acceptors (Lipinski definition) is 0. The van der Waals surface area contributed by atoms with E-state index in [2.05, 4.69) is 34.1 Å². The van der Waals surface area contributed by atoms with Crippen LogP contribution in [0.25, 0.3) is 0 Å². The van der Waals surface area contributed by atoms with E-state index in [9.17, 15) is 0 Å². The van der Waals surface area contributed by atoms with Crippen molar-refractivity contribution in [1.29, 1.82) is 0 Å². The summed E-state index contributed by atoms with van der Waals surface area (Å²) in [6, 6.07) is 8.37. The van der Waals surface area contributed by atoms with E-state index in [1.807, 2.05) is 6.07 Å². The van der Waals surface area contributed by atoms with Gasteiger partial charge < -0.3 is 0 Å². The van der Waals surface area contributed by atoms with E-state index in [4.69, 9.17) is 0 Å².